The SMILES string of the molecule is N#CN1CCC(N2C=C(C(N)=O)S[C@@H]2c2ccccc2Cl)C1. The van der Waals surface area contributed by atoms with Crippen molar-refractivity contribution in [2.24, 2.45) is 5.73 Å². The molecule has 1 amide bonds. The molecule has 0 radical (unpaired) electrons. The lowest BCUT2D eigenvalue weighted by atomic mass is 10.1. The second-order valence-corrected chi connectivity index (χ2v) is 6.81. The van der Waals surface area contributed by atoms with E-state index in [0.717, 1.165) is 18.5 Å². The van der Waals surface area contributed by atoms with Gasteiger partial charge < -0.3 is 15.5 Å². The van der Waals surface area contributed by atoms with Crippen LogP contribution in [0.15, 0.2) is 35.4 Å². The van der Waals surface area contributed by atoms with Crippen molar-refractivity contribution in [1.82, 2.24) is 9.80 Å². The number of nitriles is 1. The lowest BCUT2D eigenvalue weighted by molar-refractivity contribution is -0.113. The minimum atomic E-state index is -0.431. The third-order valence-electron chi connectivity index (χ3n) is 3.92. The smallest absolute Gasteiger partial charge is 0.256 e. The third kappa shape index (κ3) is 2.74. The predicted molar refractivity (Wildman–Crippen MR) is 86.5 cm³/mol. The van der Waals surface area contributed by atoms with Crippen molar-refractivity contribution in [1.29, 1.82) is 5.26 Å². The summed E-state index contributed by atoms with van der Waals surface area (Å²) in [6.45, 7) is 1.39. The quantitative estimate of drug-likeness (QED) is 0.858. The number of thioether (sulfide) groups is 1. The van der Waals surface area contributed by atoms with Gasteiger partial charge in [0.05, 0.1) is 4.91 Å². The molecule has 2 atom stereocenters. The van der Waals surface area contributed by atoms with Crippen molar-refractivity contribution >= 4 is 29.3 Å². The molecular formula is C15H15ClN4OS. The molecule has 0 aliphatic carbocycles. The molecule has 2 heterocycles. The number of carbonyl (C=O) groups is 1. The van der Waals surface area contributed by atoms with E-state index in [2.05, 4.69) is 11.1 Å². The Kier molecular flexibility index (Phi) is 4.19. The van der Waals surface area contributed by atoms with Crippen molar-refractivity contribution in [3.63, 3.8) is 0 Å². The van der Waals surface area contributed by atoms with Gasteiger partial charge in [-0.15, -0.1) is 0 Å². The van der Waals surface area contributed by atoms with Gasteiger partial charge in [-0.05, 0) is 12.5 Å². The fraction of sp³-hybridized carbons (Fsp3) is 0.333. The van der Waals surface area contributed by atoms with Gasteiger partial charge in [-0.1, -0.05) is 41.6 Å². The lowest BCUT2D eigenvalue weighted by Gasteiger charge is -2.31. The van der Waals surface area contributed by atoms with Crippen LogP contribution in [-0.4, -0.2) is 34.8 Å². The van der Waals surface area contributed by atoms with Crippen LogP contribution in [0.1, 0.15) is 17.4 Å². The van der Waals surface area contributed by atoms with E-state index >= 15 is 0 Å². The zero-order chi connectivity index (χ0) is 15.7. The van der Waals surface area contributed by atoms with Crippen LogP contribution in [0.4, 0.5) is 0 Å². The fourth-order valence-electron chi connectivity index (χ4n) is 2.81. The van der Waals surface area contributed by atoms with Crippen molar-refractivity contribution in [2.75, 3.05) is 13.1 Å². The Bertz CT molecular complexity index is 672. The predicted octanol–water partition coefficient (Wildman–Crippen LogP) is 2.27. The number of nitrogens with two attached hydrogens (primary N) is 1. The molecule has 0 bridgehead atoms. The zero-order valence-electron chi connectivity index (χ0n) is 11.8. The maximum absolute atomic E-state index is 11.6. The monoisotopic (exact) mass is 334 g/mol. The molecule has 2 aliphatic heterocycles. The van der Waals surface area contributed by atoms with Crippen LogP contribution in [-0.2, 0) is 4.79 Å². The molecule has 0 saturated carbocycles. The number of halogens is 1. The highest BCUT2D eigenvalue weighted by atomic mass is 35.5. The zero-order valence-corrected chi connectivity index (χ0v) is 13.3. The first kappa shape index (κ1) is 15.1. The van der Waals surface area contributed by atoms with Crippen molar-refractivity contribution in [3.8, 4) is 6.19 Å². The van der Waals surface area contributed by atoms with Gasteiger partial charge in [0.15, 0.2) is 6.19 Å². The summed E-state index contributed by atoms with van der Waals surface area (Å²) in [6.07, 6.45) is 4.86. The van der Waals surface area contributed by atoms with Gasteiger partial charge in [-0.2, -0.15) is 5.26 Å². The molecule has 1 aromatic rings. The van der Waals surface area contributed by atoms with Gasteiger partial charge >= 0.3 is 0 Å². The van der Waals surface area contributed by atoms with Crippen molar-refractivity contribution in [2.45, 2.75) is 17.8 Å². The molecular weight excluding hydrogens is 320 g/mol. The first-order valence-electron chi connectivity index (χ1n) is 6.95. The molecule has 2 N–H and O–H groups in total. The molecule has 2 aliphatic rings. The van der Waals surface area contributed by atoms with Gasteiger partial charge in [-0.3, -0.25) is 4.79 Å². The van der Waals surface area contributed by atoms with Gasteiger partial charge in [0.1, 0.15) is 5.37 Å². The standard InChI is InChI=1S/C15H15ClN4OS/c16-12-4-2-1-3-11(12)15-20(8-13(22-15)14(18)21)10-5-6-19(7-10)9-17/h1-4,8,10,15H,5-7H2,(H2,18,21)/t10?,15-/m1/s1. The Balaban J connectivity index is 1.91. The molecule has 7 heteroatoms. The van der Waals surface area contributed by atoms with Crippen LogP contribution in [0.25, 0.3) is 0 Å². The number of amides is 1. The van der Waals surface area contributed by atoms with Gasteiger partial charge in [0.25, 0.3) is 5.91 Å². The van der Waals surface area contributed by atoms with E-state index in [1.807, 2.05) is 30.5 Å². The van der Waals surface area contributed by atoms with E-state index in [4.69, 9.17) is 22.6 Å². The maximum Gasteiger partial charge on any atom is 0.256 e. The topological polar surface area (TPSA) is 73.4 Å². The van der Waals surface area contributed by atoms with Crippen LogP contribution in [0, 0.1) is 11.5 Å². The Morgan fingerprint density at radius 1 is 1.45 bits per heavy atom. The number of likely N-dealkylation sites (tertiary alicyclic amines) is 1. The van der Waals surface area contributed by atoms with Gasteiger partial charge in [-0.25, -0.2) is 0 Å². The van der Waals surface area contributed by atoms with Crippen LogP contribution in [0.3, 0.4) is 0 Å². The largest absolute Gasteiger partial charge is 0.365 e. The second kappa shape index (κ2) is 6.11. The highest BCUT2D eigenvalue weighted by Crippen LogP contribution is 2.47. The van der Waals surface area contributed by atoms with E-state index in [1.54, 1.807) is 4.90 Å². The second-order valence-electron chi connectivity index (χ2n) is 5.29. The third-order valence-corrected chi connectivity index (χ3v) is 5.54. The number of hydrogen-bond acceptors (Lipinski definition) is 5. The number of nitrogens with zero attached hydrogens (tertiary/aromatic N) is 3. The summed E-state index contributed by atoms with van der Waals surface area (Å²) >= 11 is 7.73. The van der Waals surface area contributed by atoms with E-state index in [-0.39, 0.29) is 11.4 Å². The summed E-state index contributed by atoms with van der Waals surface area (Å²) in [7, 11) is 0. The maximum atomic E-state index is 11.6. The van der Waals surface area contributed by atoms with E-state index in [1.165, 1.54) is 11.8 Å². The van der Waals surface area contributed by atoms with Crippen LogP contribution >= 0.6 is 23.4 Å². The average molecular weight is 335 g/mol. The summed E-state index contributed by atoms with van der Waals surface area (Å²) in [6, 6.07) is 7.78. The van der Waals surface area contributed by atoms with E-state index < -0.39 is 5.91 Å². The molecule has 0 spiro atoms. The molecule has 22 heavy (non-hydrogen) atoms. The molecule has 5 nitrogen and oxygen atoms in total. The van der Waals surface area contributed by atoms with Crippen molar-refractivity contribution in [3.05, 3.63) is 46.0 Å². The number of carbonyl (C=O) groups excluding carboxylic acids is 1. The summed E-state index contributed by atoms with van der Waals surface area (Å²) in [4.78, 5) is 15.9. The number of benzene rings is 1. The lowest BCUT2D eigenvalue weighted by Crippen LogP contribution is -2.33. The molecule has 1 saturated heterocycles. The minimum Gasteiger partial charge on any atom is -0.365 e. The minimum absolute atomic E-state index is 0.0835. The molecule has 114 valence electrons. The molecule has 1 unspecified atom stereocenters. The van der Waals surface area contributed by atoms with Crippen LogP contribution < -0.4 is 5.73 Å². The Morgan fingerprint density at radius 3 is 2.86 bits per heavy atom. The first-order valence-corrected chi connectivity index (χ1v) is 8.20. The summed E-state index contributed by atoms with van der Waals surface area (Å²) in [5.41, 5.74) is 6.40. The summed E-state index contributed by atoms with van der Waals surface area (Å²) in [5, 5.41) is 9.62. The van der Waals surface area contributed by atoms with Gasteiger partial charge in [0.2, 0.25) is 0 Å². The van der Waals surface area contributed by atoms with Crippen LogP contribution in [0.5, 0.6) is 0 Å². The van der Waals surface area contributed by atoms with Gasteiger partial charge in [0, 0.05) is 35.9 Å². The Labute approximate surface area is 138 Å². The summed E-state index contributed by atoms with van der Waals surface area (Å²) < 4.78 is 0. The highest BCUT2D eigenvalue weighted by Gasteiger charge is 2.37. The number of primary amides is 1. The van der Waals surface area contributed by atoms with Crippen molar-refractivity contribution < 1.29 is 4.79 Å². The summed E-state index contributed by atoms with van der Waals surface area (Å²) in [5.74, 6) is -0.431. The fourth-order valence-corrected chi connectivity index (χ4v) is 4.34. The van der Waals surface area contributed by atoms with E-state index in [9.17, 15) is 4.79 Å². The first-order chi connectivity index (χ1) is 10.6. The number of rotatable bonds is 3. The van der Waals surface area contributed by atoms with Crippen LogP contribution in [0.2, 0.25) is 5.02 Å². The normalized spacial score (nSPS) is 24.3. The Hall–Kier alpha value is -1.84. The Morgan fingerprint density at radius 2 is 2.23 bits per heavy atom. The molecule has 1 aromatic carbocycles. The molecule has 0 aromatic heterocycles. The molecule has 1 fully saturated rings. The molecule has 3 rings (SSSR count). The number of hydrogen-bond donors (Lipinski definition) is 1. The highest BCUT2D eigenvalue weighted by molar-refractivity contribution is 8.04. The average Bonchev–Trinajstić information content (AvgIpc) is 3.14. The van der Waals surface area contributed by atoms with E-state index in [0.29, 0.717) is 16.5 Å².